The Morgan fingerprint density at radius 3 is 2.84 bits per heavy atom. The summed E-state index contributed by atoms with van der Waals surface area (Å²) in [6.45, 7) is 7.80. The number of aromatic nitrogens is 3. The maximum absolute atomic E-state index is 13.6. The molecule has 200 valence electrons. The number of hydrogen-bond acceptors (Lipinski definition) is 6. The van der Waals surface area contributed by atoms with E-state index >= 15 is 0 Å². The number of rotatable bonds is 6. The van der Waals surface area contributed by atoms with Crippen molar-refractivity contribution in [1.82, 2.24) is 19.4 Å². The van der Waals surface area contributed by atoms with Crippen molar-refractivity contribution >= 4 is 40.4 Å². The third-order valence-corrected chi connectivity index (χ3v) is 7.53. The minimum absolute atomic E-state index is 0.0708. The molecule has 2 atom stereocenters. The van der Waals surface area contributed by atoms with Crippen LogP contribution in [0, 0.1) is 6.92 Å². The number of aryl methyl sites for hydroxylation is 1. The summed E-state index contributed by atoms with van der Waals surface area (Å²) in [7, 11) is 1.71. The van der Waals surface area contributed by atoms with Gasteiger partial charge in [0.2, 0.25) is 11.9 Å². The summed E-state index contributed by atoms with van der Waals surface area (Å²) < 4.78 is 13.7. The quantitative estimate of drug-likeness (QED) is 0.428. The van der Waals surface area contributed by atoms with E-state index in [0.29, 0.717) is 59.6 Å². The third kappa shape index (κ3) is 5.13. The second kappa shape index (κ2) is 11.1. The van der Waals surface area contributed by atoms with Gasteiger partial charge < -0.3 is 18.9 Å². The first kappa shape index (κ1) is 26.2. The van der Waals surface area contributed by atoms with E-state index in [9.17, 15) is 9.59 Å². The smallest absolute Gasteiger partial charge is 0.260 e. The predicted molar refractivity (Wildman–Crippen MR) is 146 cm³/mol. The summed E-state index contributed by atoms with van der Waals surface area (Å²) in [5.41, 5.74) is 2.60. The van der Waals surface area contributed by atoms with E-state index in [-0.39, 0.29) is 24.0 Å². The second-order valence-electron chi connectivity index (χ2n) is 9.82. The first-order valence-electron chi connectivity index (χ1n) is 12.9. The molecule has 2 saturated heterocycles. The predicted octanol–water partition coefficient (Wildman–Crippen LogP) is 4.58. The van der Waals surface area contributed by atoms with Crippen LogP contribution in [0.4, 0.5) is 5.95 Å². The SMILES string of the molecule is C=CC(=O)N1CCCCC(n2c(N(C)C(=O)c3ccnc(C)c3)nc3ccc(OC4CCOC4)c(Cl)c32)C1. The Hall–Kier alpha value is -3.43. The molecule has 1 aromatic carbocycles. The Morgan fingerprint density at radius 2 is 2.11 bits per heavy atom. The van der Waals surface area contributed by atoms with Gasteiger partial charge in [0, 0.05) is 44.0 Å². The molecule has 5 rings (SSSR count). The molecule has 38 heavy (non-hydrogen) atoms. The molecule has 2 aliphatic rings. The summed E-state index contributed by atoms with van der Waals surface area (Å²) in [4.78, 5) is 38.6. The van der Waals surface area contributed by atoms with E-state index in [1.165, 1.54) is 6.08 Å². The molecule has 0 aliphatic carbocycles. The van der Waals surface area contributed by atoms with Gasteiger partial charge in [-0.25, -0.2) is 4.98 Å². The van der Waals surface area contributed by atoms with Crippen molar-refractivity contribution in [3.05, 3.63) is 59.4 Å². The van der Waals surface area contributed by atoms with Crippen LogP contribution >= 0.6 is 11.6 Å². The van der Waals surface area contributed by atoms with Gasteiger partial charge in [0.15, 0.2) is 0 Å². The summed E-state index contributed by atoms with van der Waals surface area (Å²) in [6, 6.07) is 6.98. The number of anilines is 1. The van der Waals surface area contributed by atoms with Gasteiger partial charge in [0.05, 0.1) is 30.3 Å². The minimum Gasteiger partial charge on any atom is -0.486 e. The fraction of sp³-hybridized carbons (Fsp3) is 0.429. The third-order valence-electron chi connectivity index (χ3n) is 7.16. The molecule has 2 aliphatic heterocycles. The second-order valence-corrected chi connectivity index (χ2v) is 10.2. The first-order valence-corrected chi connectivity index (χ1v) is 13.3. The fourth-order valence-corrected chi connectivity index (χ4v) is 5.49. The number of carbonyl (C=O) groups is 2. The van der Waals surface area contributed by atoms with Crippen LogP contribution < -0.4 is 9.64 Å². The molecule has 4 heterocycles. The standard InChI is InChI=1S/C28H32ClN5O4/c1-4-24(35)33-13-6-5-7-20(16-33)34-26-22(8-9-23(25(26)29)38-21-11-14-37-17-21)31-28(34)32(3)27(36)19-10-12-30-18(2)15-19/h4,8-10,12,15,20-21H,1,5-7,11,13-14,16-17H2,2-3H3. The molecule has 0 N–H and O–H groups in total. The fourth-order valence-electron chi connectivity index (χ4n) is 5.20. The highest BCUT2D eigenvalue weighted by Gasteiger charge is 2.31. The maximum Gasteiger partial charge on any atom is 0.260 e. The zero-order valence-corrected chi connectivity index (χ0v) is 22.5. The van der Waals surface area contributed by atoms with Gasteiger partial charge in [-0.2, -0.15) is 0 Å². The minimum atomic E-state index is -0.213. The molecule has 10 heteroatoms. The molecular formula is C28H32ClN5O4. The molecule has 3 aromatic rings. The van der Waals surface area contributed by atoms with Crippen molar-refractivity contribution in [2.24, 2.45) is 0 Å². The Bertz CT molecular complexity index is 1370. The topological polar surface area (TPSA) is 89.8 Å². The summed E-state index contributed by atoms with van der Waals surface area (Å²) in [5.74, 6) is 0.681. The Balaban J connectivity index is 1.62. The van der Waals surface area contributed by atoms with Crippen molar-refractivity contribution in [3.63, 3.8) is 0 Å². The van der Waals surface area contributed by atoms with Gasteiger partial charge in [-0.3, -0.25) is 19.5 Å². The number of carbonyl (C=O) groups excluding carboxylic acids is 2. The number of fused-ring (bicyclic) bond motifs is 1. The lowest BCUT2D eigenvalue weighted by molar-refractivity contribution is -0.126. The number of pyridine rings is 1. The van der Waals surface area contributed by atoms with Crippen LogP contribution in [0.2, 0.25) is 5.02 Å². The van der Waals surface area contributed by atoms with Crippen molar-refractivity contribution in [1.29, 1.82) is 0 Å². The van der Waals surface area contributed by atoms with Crippen LogP contribution in [0.25, 0.3) is 11.0 Å². The van der Waals surface area contributed by atoms with Crippen LogP contribution in [0.1, 0.15) is 47.8 Å². The van der Waals surface area contributed by atoms with E-state index in [2.05, 4.69) is 11.6 Å². The number of amides is 2. The zero-order chi connectivity index (χ0) is 26.8. The molecule has 9 nitrogen and oxygen atoms in total. The molecule has 0 radical (unpaired) electrons. The Kier molecular flexibility index (Phi) is 7.67. The average molecular weight is 538 g/mol. The van der Waals surface area contributed by atoms with Crippen LogP contribution in [0.15, 0.2) is 43.1 Å². The lowest BCUT2D eigenvalue weighted by Gasteiger charge is -2.28. The molecular weight excluding hydrogens is 506 g/mol. The molecule has 2 amide bonds. The van der Waals surface area contributed by atoms with Gasteiger partial charge in [-0.05, 0) is 56.5 Å². The normalized spacial score (nSPS) is 19.8. The molecule has 0 spiro atoms. The van der Waals surface area contributed by atoms with Gasteiger partial charge in [-0.15, -0.1) is 0 Å². The summed E-state index contributed by atoms with van der Waals surface area (Å²) >= 11 is 7.01. The highest BCUT2D eigenvalue weighted by Crippen LogP contribution is 2.40. The van der Waals surface area contributed by atoms with Crippen LogP contribution in [-0.4, -0.2) is 70.7 Å². The summed E-state index contributed by atoms with van der Waals surface area (Å²) in [5, 5.41) is 0.430. The summed E-state index contributed by atoms with van der Waals surface area (Å²) in [6.07, 6.45) is 6.29. The van der Waals surface area contributed by atoms with Crippen LogP contribution in [-0.2, 0) is 9.53 Å². The lowest BCUT2D eigenvalue weighted by Crippen LogP contribution is -2.36. The largest absolute Gasteiger partial charge is 0.486 e. The zero-order valence-electron chi connectivity index (χ0n) is 21.7. The van der Waals surface area contributed by atoms with Gasteiger partial charge in [0.1, 0.15) is 16.9 Å². The van der Waals surface area contributed by atoms with E-state index in [1.807, 2.05) is 23.6 Å². The molecule has 0 bridgehead atoms. The van der Waals surface area contributed by atoms with Crippen molar-refractivity contribution in [2.45, 2.75) is 44.8 Å². The van der Waals surface area contributed by atoms with E-state index < -0.39 is 0 Å². The Morgan fingerprint density at radius 1 is 1.26 bits per heavy atom. The van der Waals surface area contributed by atoms with E-state index in [0.717, 1.165) is 31.4 Å². The highest BCUT2D eigenvalue weighted by atomic mass is 35.5. The number of benzene rings is 1. The number of imidazole rings is 1. The highest BCUT2D eigenvalue weighted by molar-refractivity contribution is 6.36. The van der Waals surface area contributed by atoms with Gasteiger partial charge >= 0.3 is 0 Å². The lowest BCUT2D eigenvalue weighted by atomic mass is 10.1. The number of nitrogens with zero attached hydrogens (tertiary/aromatic N) is 5. The monoisotopic (exact) mass is 537 g/mol. The molecule has 2 aromatic heterocycles. The number of hydrogen-bond donors (Lipinski definition) is 0. The van der Waals surface area contributed by atoms with Gasteiger partial charge in [-0.1, -0.05) is 18.2 Å². The molecule has 0 saturated carbocycles. The van der Waals surface area contributed by atoms with Crippen LogP contribution in [0.5, 0.6) is 5.75 Å². The molecule has 2 fully saturated rings. The van der Waals surface area contributed by atoms with Crippen molar-refractivity contribution in [2.75, 3.05) is 38.3 Å². The number of halogens is 1. The molecule has 2 unspecified atom stereocenters. The maximum atomic E-state index is 13.6. The van der Waals surface area contributed by atoms with Crippen LogP contribution in [0.3, 0.4) is 0 Å². The number of likely N-dealkylation sites (tertiary alicyclic amines) is 1. The Labute approximate surface area is 227 Å². The number of ether oxygens (including phenoxy) is 2. The van der Waals surface area contributed by atoms with E-state index in [4.69, 9.17) is 26.1 Å². The first-order chi connectivity index (χ1) is 18.4. The average Bonchev–Trinajstić information content (AvgIpc) is 3.51. The van der Waals surface area contributed by atoms with Gasteiger partial charge in [0.25, 0.3) is 5.91 Å². The van der Waals surface area contributed by atoms with Crippen molar-refractivity contribution in [3.8, 4) is 5.75 Å². The van der Waals surface area contributed by atoms with Crippen molar-refractivity contribution < 1.29 is 19.1 Å². The van der Waals surface area contributed by atoms with E-state index in [1.54, 1.807) is 35.2 Å².